The highest BCUT2D eigenvalue weighted by Gasteiger charge is 2.12. The lowest BCUT2D eigenvalue weighted by Gasteiger charge is -2.27. The van der Waals surface area contributed by atoms with Gasteiger partial charge < -0.3 is 5.32 Å². The topological polar surface area (TPSA) is 28.2 Å². The zero-order chi connectivity index (χ0) is 10.7. The van der Waals surface area contributed by atoms with E-state index in [1.807, 2.05) is 6.07 Å². The lowest BCUT2D eigenvalue weighted by atomic mass is 10.2. The Bertz CT molecular complexity index is 337. The predicted octanol–water partition coefficient (Wildman–Crippen LogP) is 1.79. The monoisotopic (exact) mass is 245 g/mol. The van der Waals surface area contributed by atoms with Crippen LogP contribution in [0.3, 0.4) is 0 Å². The van der Waals surface area contributed by atoms with Gasteiger partial charge in [0, 0.05) is 38.9 Å². The first kappa shape index (κ1) is 11.1. The number of nitrogens with one attached hydrogen (secondary N) is 1. The summed E-state index contributed by atoms with van der Waals surface area (Å²) in [6, 6.07) is 1.84. The summed E-state index contributed by atoms with van der Waals surface area (Å²) in [6.45, 7) is 5.03. The lowest BCUT2D eigenvalue weighted by molar-refractivity contribution is 0.233. The second kappa shape index (κ2) is 5.12. The molecule has 0 aliphatic carbocycles. The van der Waals surface area contributed by atoms with E-state index in [-0.39, 0.29) is 0 Å². The fraction of sp³-hybridized carbons (Fsp3) is 0.500. The highest BCUT2D eigenvalue weighted by Crippen LogP contribution is 2.19. The zero-order valence-electron chi connectivity index (χ0n) is 8.34. The van der Waals surface area contributed by atoms with Gasteiger partial charge in [-0.3, -0.25) is 4.90 Å². The van der Waals surface area contributed by atoms with E-state index in [2.05, 4.69) is 15.2 Å². The first-order chi connectivity index (χ1) is 7.25. The molecule has 1 aliphatic heterocycles. The summed E-state index contributed by atoms with van der Waals surface area (Å²) < 4.78 is 0. The largest absolute Gasteiger partial charge is 0.314 e. The van der Waals surface area contributed by atoms with Crippen LogP contribution in [-0.4, -0.2) is 36.1 Å². The van der Waals surface area contributed by atoms with Crippen molar-refractivity contribution in [3.05, 3.63) is 28.0 Å². The number of hydrogen-bond donors (Lipinski definition) is 1. The Morgan fingerprint density at radius 2 is 2.07 bits per heavy atom. The minimum atomic E-state index is 0.504. The third-order valence-electron chi connectivity index (χ3n) is 2.50. The molecular weight excluding hydrogens is 233 g/mol. The molecule has 0 aromatic carbocycles. The summed E-state index contributed by atoms with van der Waals surface area (Å²) in [4.78, 5) is 6.29. The predicted molar refractivity (Wildman–Crippen MR) is 62.4 cm³/mol. The van der Waals surface area contributed by atoms with Crippen LogP contribution in [0.2, 0.25) is 10.2 Å². The number of piperazine rings is 1. The molecule has 2 rings (SSSR count). The number of nitrogens with zero attached hydrogens (tertiary/aromatic N) is 2. The van der Waals surface area contributed by atoms with E-state index in [9.17, 15) is 0 Å². The average Bonchev–Trinajstić information content (AvgIpc) is 2.25. The maximum Gasteiger partial charge on any atom is 0.129 e. The second-order valence-corrected chi connectivity index (χ2v) is 4.42. The van der Waals surface area contributed by atoms with E-state index >= 15 is 0 Å². The Morgan fingerprint density at radius 3 is 2.80 bits per heavy atom. The van der Waals surface area contributed by atoms with Crippen LogP contribution in [0.25, 0.3) is 0 Å². The Hall–Kier alpha value is -0.350. The summed E-state index contributed by atoms with van der Waals surface area (Å²) in [7, 11) is 0. The Labute approximate surface area is 99.4 Å². The third kappa shape index (κ3) is 3.05. The van der Waals surface area contributed by atoms with E-state index in [0.29, 0.717) is 10.2 Å². The van der Waals surface area contributed by atoms with Crippen molar-refractivity contribution in [1.29, 1.82) is 0 Å². The normalized spacial score (nSPS) is 18.0. The summed E-state index contributed by atoms with van der Waals surface area (Å²) in [6.07, 6.45) is 1.61. The molecule has 1 aromatic rings. The van der Waals surface area contributed by atoms with Crippen LogP contribution >= 0.6 is 23.2 Å². The van der Waals surface area contributed by atoms with Crippen LogP contribution in [0, 0.1) is 0 Å². The molecule has 82 valence electrons. The minimum absolute atomic E-state index is 0.504. The van der Waals surface area contributed by atoms with E-state index in [1.165, 1.54) is 0 Å². The molecule has 15 heavy (non-hydrogen) atoms. The van der Waals surface area contributed by atoms with Gasteiger partial charge in [0.15, 0.2) is 0 Å². The molecule has 1 N–H and O–H groups in total. The second-order valence-electron chi connectivity index (χ2n) is 3.62. The molecule has 0 atom stereocenters. The molecule has 0 saturated carbocycles. The standard InChI is InChI=1S/C10H13Cl2N3/c11-9-6-14-10(12)5-8(9)7-15-3-1-13-2-4-15/h5-6,13H,1-4,7H2. The van der Waals surface area contributed by atoms with Gasteiger partial charge in [0.25, 0.3) is 0 Å². The fourth-order valence-electron chi connectivity index (χ4n) is 1.68. The molecule has 0 spiro atoms. The molecule has 0 unspecified atom stereocenters. The van der Waals surface area contributed by atoms with Crippen molar-refractivity contribution < 1.29 is 0 Å². The van der Waals surface area contributed by atoms with Gasteiger partial charge in [0.05, 0.1) is 5.02 Å². The average molecular weight is 246 g/mol. The first-order valence-corrected chi connectivity index (χ1v) is 5.74. The summed E-state index contributed by atoms with van der Waals surface area (Å²) >= 11 is 11.9. The summed E-state index contributed by atoms with van der Waals surface area (Å²) in [5.41, 5.74) is 1.05. The SMILES string of the molecule is Clc1cc(CN2CCNCC2)c(Cl)cn1. The zero-order valence-corrected chi connectivity index (χ0v) is 9.85. The van der Waals surface area contributed by atoms with Gasteiger partial charge >= 0.3 is 0 Å². The van der Waals surface area contributed by atoms with E-state index < -0.39 is 0 Å². The van der Waals surface area contributed by atoms with Crippen LogP contribution in [0.5, 0.6) is 0 Å². The highest BCUT2D eigenvalue weighted by atomic mass is 35.5. The molecular formula is C10H13Cl2N3. The molecule has 0 radical (unpaired) electrons. The van der Waals surface area contributed by atoms with Crippen LogP contribution < -0.4 is 5.32 Å². The van der Waals surface area contributed by atoms with Gasteiger partial charge in [-0.1, -0.05) is 23.2 Å². The van der Waals surface area contributed by atoms with E-state index in [1.54, 1.807) is 6.20 Å². The molecule has 5 heteroatoms. The summed E-state index contributed by atoms with van der Waals surface area (Å²) in [5, 5.41) is 4.51. The van der Waals surface area contributed by atoms with Crippen LogP contribution in [0.1, 0.15) is 5.56 Å². The molecule has 1 fully saturated rings. The van der Waals surface area contributed by atoms with Crippen molar-refractivity contribution in [3.63, 3.8) is 0 Å². The van der Waals surface area contributed by atoms with Crippen molar-refractivity contribution in [2.75, 3.05) is 26.2 Å². The number of rotatable bonds is 2. The molecule has 3 nitrogen and oxygen atoms in total. The molecule has 0 bridgehead atoms. The molecule has 2 heterocycles. The van der Waals surface area contributed by atoms with Gasteiger partial charge in [-0.15, -0.1) is 0 Å². The Morgan fingerprint density at radius 1 is 1.33 bits per heavy atom. The maximum atomic E-state index is 6.05. The highest BCUT2D eigenvalue weighted by molar-refractivity contribution is 6.32. The molecule has 1 saturated heterocycles. The van der Waals surface area contributed by atoms with Crippen LogP contribution in [-0.2, 0) is 6.54 Å². The first-order valence-electron chi connectivity index (χ1n) is 4.99. The van der Waals surface area contributed by atoms with Gasteiger partial charge in [-0.05, 0) is 11.6 Å². The number of hydrogen-bond acceptors (Lipinski definition) is 3. The van der Waals surface area contributed by atoms with Gasteiger partial charge in [-0.25, -0.2) is 4.98 Å². The number of aromatic nitrogens is 1. The van der Waals surface area contributed by atoms with E-state index in [4.69, 9.17) is 23.2 Å². The number of halogens is 2. The Kier molecular flexibility index (Phi) is 3.81. The van der Waals surface area contributed by atoms with Crippen molar-refractivity contribution in [1.82, 2.24) is 15.2 Å². The Balaban J connectivity index is 2.05. The van der Waals surface area contributed by atoms with Gasteiger partial charge in [0.1, 0.15) is 5.15 Å². The van der Waals surface area contributed by atoms with Crippen molar-refractivity contribution >= 4 is 23.2 Å². The van der Waals surface area contributed by atoms with Crippen molar-refractivity contribution in [2.45, 2.75) is 6.54 Å². The molecule has 0 amide bonds. The van der Waals surface area contributed by atoms with Crippen LogP contribution in [0.15, 0.2) is 12.3 Å². The van der Waals surface area contributed by atoms with Gasteiger partial charge in [-0.2, -0.15) is 0 Å². The quantitative estimate of drug-likeness (QED) is 0.806. The summed E-state index contributed by atoms with van der Waals surface area (Å²) in [5.74, 6) is 0. The fourth-order valence-corrected chi connectivity index (χ4v) is 2.03. The van der Waals surface area contributed by atoms with Gasteiger partial charge in [0.2, 0.25) is 0 Å². The lowest BCUT2D eigenvalue weighted by Crippen LogP contribution is -2.42. The maximum absolute atomic E-state index is 6.05. The third-order valence-corrected chi connectivity index (χ3v) is 3.05. The smallest absolute Gasteiger partial charge is 0.129 e. The molecule has 1 aliphatic rings. The van der Waals surface area contributed by atoms with Crippen molar-refractivity contribution in [2.24, 2.45) is 0 Å². The van der Waals surface area contributed by atoms with Crippen molar-refractivity contribution in [3.8, 4) is 0 Å². The number of pyridine rings is 1. The van der Waals surface area contributed by atoms with E-state index in [0.717, 1.165) is 38.3 Å². The minimum Gasteiger partial charge on any atom is -0.314 e. The molecule has 1 aromatic heterocycles. The van der Waals surface area contributed by atoms with Crippen LogP contribution in [0.4, 0.5) is 0 Å².